The normalized spacial score (nSPS) is 14.0. The van der Waals surface area contributed by atoms with Crippen molar-refractivity contribution in [3.8, 4) is 5.69 Å². The molecule has 0 unspecified atom stereocenters. The molecule has 2 heterocycles. The molecule has 30 heavy (non-hydrogen) atoms. The van der Waals surface area contributed by atoms with Crippen LogP contribution in [0.3, 0.4) is 0 Å². The lowest BCUT2D eigenvalue weighted by Crippen LogP contribution is -2.29. The molecule has 0 saturated carbocycles. The average molecular weight is 423 g/mol. The smallest absolute Gasteiger partial charge is 0.234 e. The summed E-state index contributed by atoms with van der Waals surface area (Å²) in [7, 11) is 0. The first-order chi connectivity index (χ1) is 14.6. The third-order valence-electron chi connectivity index (χ3n) is 5.10. The van der Waals surface area contributed by atoms with Crippen molar-refractivity contribution in [1.82, 2.24) is 20.2 Å². The van der Waals surface area contributed by atoms with E-state index in [9.17, 15) is 4.79 Å². The van der Waals surface area contributed by atoms with Gasteiger partial charge in [0.15, 0.2) is 0 Å². The number of tetrazole rings is 1. The molecule has 4 rings (SSSR count). The molecular formula is C22H26N6OS. The second-order valence-electron chi connectivity index (χ2n) is 7.65. The number of hydrogen-bond donors (Lipinski definition) is 1. The molecule has 8 heteroatoms. The number of aromatic nitrogens is 4. The maximum absolute atomic E-state index is 12.4. The van der Waals surface area contributed by atoms with Crippen molar-refractivity contribution in [1.29, 1.82) is 0 Å². The van der Waals surface area contributed by atoms with Gasteiger partial charge in [0, 0.05) is 24.5 Å². The lowest BCUT2D eigenvalue weighted by atomic mass is 10.1. The number of piperidine rings is 1. The Morgan fingerprint density at radius 1 is 1.00 bits per heavy atom. The second-order valence-corrected chi connectivity index (χ2v) is 8.59. The van der Waals surface area contributed by atoms with E-state index in [0.717, 1.165) is 35.6 Å². The number of hydrogen-bond acceptors (Lipinski definition) is 6. The lowest BCUT2D eigenvalue weighted by molar-refractivity contribution is -0.113. The fourth-order valence-corrected chi connectivity index (χ4v) is 4.43. The van der Waals surface area contributed by atoms with E-state index in [0.29, 0.717) is 5.16 Å². The van der Waals surface area contributed by atoms with Gasteiger partial charge in [-0.2, -0.15) is 4.68 Å². The fraction of sp³-hybridized carbons (Fsp3) is 0.364. The van der Waals surface area contributed by atoms with Crippen LogP contribution in [0, 0.1) is 13.8 Å². The third-order valence-corrected chi connectivity index (χ3v) is 6.02. The number of nitrogens with one attached hydrogen (secondary N) is 1. The van der Waals surface area contributed by atoms with Gasteiger partial charge in [-0.3, -0.25) is 4.79 Å². The first-order valence-corrected chi connectivity index (χ1v) is 11.2. The number of nitrogens with zero attached hydrogens (tertiary/aromatic N) is 5. The zero-order valence-corrected chi connectivity index (χ0v) is 18.2. The first kappa shape index (κ1) is 20.4. The monoisotopic (exact) mass is 422 g/mol. The maximum Gasteiger partial charge on any atom is 0.234 e. The third kappa shape index (κ3) is 4.99. The summed E-state index contributed by atoms with van der Waals surface area (Å²) in [5, 5.41) is 15.5. The van der Waals surface area contributed by atoms with Gasteiger partial charge in [-0.05, 0) is 91.1 Å². The van der Waals surface area contributed by atoms with Crippen molar-refractivity contribution < 1.29 is 4.79 Å². The van der Waals surface area contributed by atoms with Crippen LogP contribution in [-0.4, -0.2) is 45.0 Å². The highest BCUT2D eigenvalue weighted by Crippen LogP contribution is 2.23. The molecule has 1 saturated heterocycles. The molecule has 7 nitrogen and oxygen atoms in total. The number of carbonyl (C=O) groups excluding carboxylic acids is 1. The van der Waals surface area contributed by atoms with Crippen LogP contribution in [0.15, 0.2) is 47.6 Å². The Bertz CT molecular complexity index is 990. The SMILES string of the molecule is Cc1cc(C)cc(-n2nnnc2SCC(=O)Nc2ccc(N3CCCCC3)cc2)c1. The molecule has 1 N–H and O–H groups in total. The van der Waals surface area contributed by atoms with Crippen LogP contribution in [0.2, 0.25) is 0 Å². The van der Waals surface area contributed by atoms with E-state index in [1.54, 1.807) is 4.68 Å². The van der Waals surface area contributed by atoms with Crippen molar-refractivity contribution in [3.63, 3.8) is 0 Å². The quantitative estimate of drug-likeness (QED) is 0.605. The van der Waals surface area contributed by atoms with E-state index in [1.807, 2.05) is 38.1 Å². The zero-order valence-electron chi connectivity index (χ0n) is 17.3. The highest BCUT2D eigenvalue weighted by Gasteiger charge is 2.13. The van der Waals surface area contributed by atoms with Crippen LogP contribution in [0.1, 0.15) is 30.4 Å². The van der Waals surface area contributed by atoms with E-state index < -0.39 is 0 Å². The van der Waals surface area contributed by atoms with Gasteiger partial charge < -0.3 is 10.2 Å². The predicted octanol–water partition coefficient (Wildman–Crippen LogP) is 4.00. The van der Waals surface area contributed by atoms with E-state index in [1.165, 1.54) is 36.7 Å². The minimum Gasteiger partial charge on any atom is -0.372 e. The molecule has 0 spiro atoms. The summed E-state index contributed by atoms with van der Waals surface area (Å²) >= 11 is 1.32. The molecule has 1 aliphatic heterocycles. The molecule has 0 bridgehead atoms. The second kappa shape index (κ2) is 9.30. The Morgan fingerprint density at radius 2 is 1.70 bits per heavy atom. The molecule has 1 aromatic heterocycles. The van der Waals surface area contributed by atoms with Crippen molar-refractivity contribution in [3.05, 3.63) is 53.6 Å². The summed E-state index contributed by atoms with van der Waals surface area (Å²) in [6.45, 7) is 6.30. The minimum absolute atomic E-state index is 0.0827. The lowest BCUT2D eigenvalue weighted by Gasteiger charge is -2.28. The van der Waals surface area contributed by atoms with E-state index >= 15 is 0 Å². The minimum atomic E-state index is -0.0827. The molecule has 1 fully saturated rings. The number of carbonyl (C=O) groups is 1. The van der Waals surface area contributed by atoms with Crippen molar-refractivity contribution in [2.75, 3.05) is 29.1 Å². The van der Waals surface area contributed by atoms with Gasteiger partial charge in [-0.1, -0.05) is 17.8 Å². The van der Waals surface area contributed by atoms with Crippen LogP contribution in [0.25, 0.3) is 5.69 Å². The summed E-state index contributed by atoms with van der Waals surface area (Å²) < 4.78 is 1.67. The van der Waals surface area contributed by atoms with Gasteiger partial charge >= 0.3 is 0 Å². The van der Waals surface area contributed by atoms with Crippen molar-refractivity contribution >= 4 is 29.0 Å². The standard InChI is InChI=1S/C22H26N6OS/c1-16-12-17(2)14-20(13-16)28-22(24-25-26-28)30-15-21(29)23-18-6-8-19(9-7-18)27-10-4-3-5-11-27/h6-9,12-14H,3-5,10-11,15H2,1-2H3,(H,23,29). The van der Waals surface area contributed by atoms with Gasteiger partial charge in [0.05, 0.1) is 11.4 Å². The molecule has 0 aliphatic carbocycles. The van der Waals surface area contributed by atoms with Crippen LogP contribution < -0.4 is 10.2 Å². The topological polar surface area (TPSA) is 75.9 Å². The summed E-state index contributed by atoms with van der Waals surface area (Å²) in [4.78, 5) is 14.8. The number of benzene rings is 2. The summed E-state index contributed by atoms with van der Waals surface area (Å²) in [6, 6.07) is 14.2. The van der Waals surface area contributed by atoms with Crippen molar-refractivity contribution in [2.24, 2.45) is 0 Å². The molecule has 0 radical (unpaired) electrons. The molecular weight excluding hydrogens is 396 g/mol. The number of amides is 1. The summed E-state index contributed by atoms with van der Waals surface area (Å²) in [5.41, 5.74) is 5.20. The fourth-order valence-electron chi connectivity index (χ4n) is 3.74. The number of thioether (sulfide) groups is 1. The Morgan fingerprint density at radius 3 is 2.40 bits per heavy atom. The van der Waals surface area contributed by atoms with Gasteiger partial charge in [-0.25, -0.2) is 0 Å². The van der Waals surface area contributed by atoms with E-state index in [4.69, 9.17) is 0 Å². The van der Waals surface area contributed by atoms with Gasteiger partial charge in [0.25, 0.3) is 0 Å². The van der Waals surface area contributed by atoms with E-state index in [2.05, 4.69) is 43.9 Å². The van der Waals surface area contributed by atoms with E-state index in [-0.39, 0.29) is 11.7 Å². The first-order valence-electron chi connectivity index (χ1n) is 10.2. The molecule has 3 aromatic rings. The van der Waals surface area contributed by atoms with Gasteiger partial charge in [0.2, 0.25) is 11.1 Å². The largest absolute Gasteiger partial charge is 0.372 e. The highest BCUT2D eigenvalue weighted by atomic mass is 32.2. The average Bonchev–Trinajstić information content (AvgIpc) is 3.22. The highest BCUT2D eigenvalue weighted by molar-refractivity contribution is 7.99. The number of aryl methyl sites for hydroxylation is 2. The van der Waals surface area contributed by atoms with Gasteiger partial charge in [-0.15, -0.1) is 5.10 Å². The zero-order chi connectivity index (χ0) is 20.9. The number of rotatable bonds is 6. The number of anilines is 2. The Balaban J connectivity index is 1.35. The molecule has 1 aliphatic rings. The van der Waals surface area contributed by atoms with Crippen LogP contribution >= 0.6 is 11.8 Å². The Hall–Kier alpha value is -2.87. The summed E-state index contributed by atoms with van der Waals surface area (Å²) in [6.07, 6.45) is 3.81. The Labute approximate surface area is 180 Å². The maximum atomic E-state index is 12.4. The summed E-state index contributed by atoms with van der Waals surface area (Å²) in [5.74, 6) is 0.152. The predicted molar refractivity (Wildman–Crippen MR) is 120 cm³/mol. The molecule has 0 atom stereocenters. The van der Waals surface area contributed by atoms with Gasteiger partial charge in [0.1, 0.15) is 0 Å². The Kier molecular flexibility index (Phi) is 6.32. The van der Waals surface area contributed by atoms with Crippen LogP contribution in [-0.2, 0) is 4.79 Å². The molecule has 2 aromatic carbocycles. The van der Waals surface area contributed by atoms with Crippen LogP contribution in [0.5, 0.6) is 0 Å². The van der Waals surface area contributed by atoms with Crippen molar-refractivity contribution in [2.45, 2.75) is 38.3 Å². The molecule has 156 valence electrons. The molecule has 1 amide bonds. The van der Waals surface area contributed by atoms with Crippen LogP contribution in [0.4, 0.5) is 11.4 Å².